The van der Waals surface area contributed by atoms with Gasteiger partial charge in [-0.15, -0.1) is 0 Å². The maximum Gasteiger partial charge on any atom is 0.251 e. The van der Waals surface area contributed by atoms with Crippen molar-refractivity contribution in [2.45, 2.75) is 6.42 Å². The van der Waals surface area contributed by atoms with Crippen LogP contribution in [0.2, 0.25) is 0 Å². The van der Waals surface area contributed by atoms with E-state index >= 15 is 0 Å². The summed E-state index contributed by atoms with van der Waals surface area (Å²) in [7, 11) is 3.09. The van der Waals surface area contributed by atoms with Crippen LogP contribution in [0.1, 0.15) is 16.8 Å². The molecular weight excluding hydrogens is 415 g/mol. The molecule has 0 bridgehead atoms. The minimum absolute atomic E-state index is 0.167. The highest BCUT2D eigenvalue weighted by Crippen LogP contribution is 2.35. The zero-order chi connectivity index (χ0) is 19.4. The lowest BCUT2D eigenvalue weighted by molar-refractivity contribution is 0.0947. The predicted molar refractivity (Wildman–Crippen MR) is 106 cm³/mol. The van der Waals surface area contributed by atoms with Crippen LogP contribution in [0.25, 0.3) is 0 Å². The number of ether oxygens (including phenoxy) is 2. The van der Waals surface area contributed by atoms with E-state index in [0.29, 0.717) is 34.0 Å². The van der Waals surface area contributed by atoms with Gasteiger partial charge in [-0.25, -0.2) is 4.39 Å². The Bertz CT molecular complexity index is 788. The van der Waals surface area contributed by atoms with E-state index in [1.165, 1.54) is 12.1 Å². The summed E-state index contributed by atoms with van der Waals surface area (Å²) in [6, 6.07) is 9.88. The first-order valence-corrected chi connectivity index (χ1v) is 9.51. The van der Waals surface area contributed by atoms with Crippen molar-refractivity contribution < 1.29 is 18.7 Å². The summed E-state index contributed by atoms with van der Waals surface area (Å²) in [6.07, 6.45) is 0.977. The Morgan fingerprint density at radius 1 is 1.22 bits per heavy atom. The van der Waals surface area contributed by atoms with Crippen molar-refractivity contribution in [2.24, 2.45) is 5.92 Å². The quantitative estimate of drug-likeness (QED) is 0.746. The van der Waals surface area contributed by atoms with E-state index in [1.54, 1.807) is 38.5 Å². The van der Waals surface area contributed by atoms with Crippen LogP contribution in [0.5, 0.6) is 11.5 Å². The number of benzene rings is 2. The molecule has 1 fully saturated rings. The monoisotopic (exact) mass is 436 g/mol. The van der Waals surface area contributed by atoms with E-state index in [2.05, 4.69) is 26.1 Å². The molecule has 1 aliphatic heterocycles. The Kier molecular flexibility index (Phi) is 6.21. The molecule has 1 aliphatic rings. The smallest absolute Gasteiger partial charge is 0.251 e. The van der Waals surface area contributed by atoms with E-state index in [-0.39, 0.29) is 11.7 Å². The third-order valence-electron chi connectivity index (χ3n) is 4.74. The van der Waals surface area contributed by atoms with E-state index in [9.17, 15) is 9.18 Å². The lowest BCUT2D eigenvalue weighted by Crippen LogP contribution is -2.31. The molecule has 0 aliphatic carbocycles. The van der Waals surface area contributed by atoms with Crippen LogP contribution < -0.4 is 19.7 Å². The summed E-state index contributed by atoms with van der Waals surface area (Å²) >= 11 is 3.40. The summed E-state index contributed by atoms with van der Waals surface area (Å²) in [4.78, 5) is 14.8. The van der Waals surface area contributed by atoms with Gasteiger partial charge in [0.1, 0.15) is 21.8 Å². The van der Waals surface area contributed by atoms with E-state index in [0.717, 1.165) is 25.2 Å². The van der Waals surface area contributed by atoms with Crippen LogP contribution in [0, 0.1) is 11.7 Å². The van der Waals surface area contributed by atoms with Gasteiger partial charge in [-0.1, -0.05) is 0 Å². The number of halogens is 2. The molecule has 5 nitrogen and oxygen atoms in total. The second-order valence-corrected chi connectivity index (χ2v) is 7.27. The molecule has 1 saturated heterocycles. The number of nitrogens with zero attached hydrogens (tertiary/aromatic N) is 1. The first-order valence-electron chi connectivity index (χ1n) is 8.72. The van der Waals surface area contributed by atoms with Crippen molar-refractivity contribution in [3.8, 4) is 11.5 Å². The third-order valence-corrected chi connectivity index (χ3v) is 5.52. The van der Waals surface area contributed by atoms with Crippen LogP contribution in [-0.2, 0) is 0 Å². The molecule has 0 radical (unpaired) electrons. The molecule has 1 atom stereocenters. The SMILES string of the molecule is COc1cc(C(=O)NCC2CCN(c3ccc(F)cc3)C2)cc(OC)c1Br. The van der Waals surface area contributed by atoms with Crippen LogP contribution in [0.4, 0.5) is 10.1 Å². The average molecular weight is 437 g/mol. The molecule has 1 heterocycles. The number of anilines is 1. The van der Waals surface area contributed by atoms with Crippen molar-refractivity contribution in [3.63, 3.8) is 0 Å². The number of methoxy groups -OCH3 is 2. The molecule has 2 aromatic rings. The average Bonchev–Trinajstić information content (AvgIpc) is 3.16. The van der Waals surface area contributed by atoms with Crippen molar-refractivity contribution in [3.05, 3.63) is 52.3 Å². The third kappa shape index (κ3) is 4.53. The Hall–Kier alpha value is -2.28. The minimum Gasteiger partial charge on any atom is -0.495 e. The van der Waals surface area contributed by atoms with Crippen LogP contribution in [0.15, 0.2) is 40.9 Å². The summed E-state index contributed by atoms with van der Waals surface area (Å²) < 4.78 is 24.3. The number of rotatable bonds is 6. The molecule has 0 aromatic heterocycles. The largest absolute Gasteiger partial charge is 0.495 e. The van der Waals surface area contributed by atoms with Gasteiger partial charge >= 0.3 is 0 Å². The van der Waals surface area contributed by atoms with Gasteiger partial charge in [0, 0.05) is 30.9 Å². The summed E-state index contributed by atoms with van der Waals surface area (Å²) in [5.41, 5.74) is 1.49. The minimum atomic E-state index is -0.234. The van der Waals surface area contributed by atoms with E-state index < -0.39 is 0 Å². The molecule has 144 valence electrons. The van der Waals surface area contributed by atoms with Crippen molar-refractivity contribution in [2.75, 3.05) is 38.8 Å². The lowest BCUT2D eigenvalue weighted by Gasteiger charge is -2.19. The van der Waals surface area contributed by atoms with Gasteiger partial charge in [-0.05, 0) is 64.7 Å². The normalized spacial score (nSPS) is 16.3. The molecule has 1 N–H and O–H groups in total. The second kappa shape index (κ2) is 8.61. The fourth-order valence-corrected chi connectivity index (χ4v) is 3.78. The first kappa shape index (κ1) is 19.5. The Labute approximate surface area is 166 Å². The highest BCUT2D eigenvalue weighted by atomic mass is 79.9. The highest BCUT2D eigenvalue weighted by Gasteiger charge is 2.23. The zero-order valence-electron chi connectivity index (χ0n) is 15.3. The highest BCUT2D eigenvalue weighted by molar-refractivity contribution is 9.10. The van der Waals surface area contributed by atoms with Gasteiger partial charge in [-0.2, -0.15) is 0 Å². The number of carbonyl (C=O) groups is 1. The first-order chi connectivity index (χ1) is 13.0. The van der Waals surface area contributed by atoms with Gasteiger partial charge in [0.05, 0.1) is 14.2 Å². The standard InChI is InChI=1S/C20H22BrFN2O3/c1-26-17-9-14(10-18(27-2)19(17)21)20(25)23-11-13-7-8-24(12-13)16-5-3-15(22)4-6-16/h3-6,9-10,13H,7-8,11-12H2,1-2H3,(H,23,25). The van der Waals surface area contributed by atoms with Crippen LogP contribution in [-0.4, -0.2) is 39.8 Å². The number of hydrogen-bond acceptors (Lipinski definition) is 4. The summed E-state index contributed by atoms with van der Waals surface area (Å²) in [6.45, 7) is 2.31. The molecular formula is C20H22BrFN2O3. The fraction of sp³-hybridized carbons (Fsp3) is 0.350. The van der Waals surface area contributed by atoms with Crippen LogP contribution in [0.3, 0.4) is 0 Å². The number of nitrogens with one attached hydrogen (secondary N) is 1. The predicted octanol–water partition coefficient (Wildman–Crippen LogP) is 3.86. The zero-order valence-corrected chi connectivity index (χ0v) is 16.9. The fourth-order valence-electron chi connectivity index (χ4n) is 3.23. The second-order valence-electron chi connectivity index (χ2n) is 6.48. The molecule has 7 heteroatoms. The van der Waals surface area contributed by atoms with Gasteiger partial charge in [0.15, 0.2) is 0 Å². The Balaban J connectivity index is 1.59. The van der Waals surface area contributed by atoms with Crippen LogP contribution >= 0.6 is 15.9 Å². The maximum absolute atomic E-state index is 13.1. The number of carbonyl (C=O) groups excluding carboxylic acids is 1. The van der Waals surface area contributed by atoms with Gasteiger partial charge in [0.2, 0.25) is 0 Å². The number of amides is 1. The van der Waals surface area contributed by atoms with Crippen molar-refractivity contribution >= 4 is 27.5 Å². The van der Waals surface area contributed by atoms with E-state index in [1.807, 2.05) is 0 Å². The van der Waals surface area contributed by atoms with Crippen molar-refractivity contribution in [1.82, 2.24) is 5.32 Å². The molecule has 2 aromatic carbocycles. The molecule has 27 heavy (non-hydrogen) atoms. The summed E-state index contributed by atoms with van der Waals surface area (Å²) in [5, 5.41) is 2.99. The maximum atomic E-state index is 13.1. The molecule has 3 rings (SSSR count). The molecule has 0 saturated carbocycles. The van der Waals surface area contributed by atoms with Gasteiger partial charge in [-0.3, -0.25) is 4.79 Å². The lowest BCUT2D eigenvalue weighted by atomic mass is 10.1. The van der Waals surface area contributed by atoms with Crippen molar-refractivity contribution in [1.29, 1.82) is 0 Å². The van der Waals surface area contributed by atoms with E-state index in [4.69, 9.17) is 9.47 Å². The molecule has 0 spiro atoms. The van der Waals surface area contributed by atoms with Gasteiger partial charge in [0.25, 0.3) is 5.91 Å². The van der Waals surface area contributed by atoms with Gasteiger partial charge < -0.3 is 19.7 Å². The molecule has 1 unspecified atom stereocenters. The Morgan fingerprint density at radius 2 is 1.85 bits per heavy atom. The topological polar surface area (TPSA) is 50.8 Å². The number of hydrogen-bond donors (Lipinski definition) is 1. The Morgan fingerprint density at radius 3 is 2.44 bits per heavy atom. The summed E-state index contributed by atoms with van der Waals surface area (Å²) in [5.74, 6) is 1.03. The molecule has 1 amide bonds.